The number of amides is 2. The Labute approximate surface area is 124 Å². The molecule has 0 aliphatic heterocycles. The Hall–Kier alpha value is -0.910. The molecule has 2 amide bonds. The van der Waals surface area contributed by atoms with Crippen molar-refractivity contribution in [1.29, 1.82) is 0 Å². The molecule has 114 valence electrons. The number of hydrogen-bond acceptors (Lipinski definition) is 3. The average Bonchev–Trinajstić information content (AvgIpc) is 2.86. The maximum atomic E-state index is 12.0. The molecule has 0 spiro atoms. The van der Waals surface area contributed by atoms with Gasteiger partial charge >= 0.3 is 12.0 Å². The van der Waals surface area contributed by atoms with Gasteiger partial charge in [-0.05, 0) is 38.4 Å². The number of carbonyl (C=O) groups is 2. The lowest BCUT2D eigenvalue weighted by atomic mass is 9.84. The van der Waals surface area contributed by atoms with Crippen molar-refractivity contribution in [3.05, 3.63) is 0 Å². The Kier molecular flexibility index (Phi) is 5.57. The second kappa shape index (κ2) is 7.20. The molecule has 0 saturated heterocycles. The monoisotopic (exact) mass is 300 g/mol. The van der Waals surface area contributed by atoms with Crippen LogP contribution in [0.5, 0.6) is 0 Å². The van der Waals surface area contributed by atoms with Crippen molar-refractivity contribution >= 4 is 23.8 Å². The van der Waals surface area contributed by atoms with Crippen LogP contribution in [0, 0.1) is 5.92 Å². The van der Waals surface area contributed by atoms with E-state index in [1.54, 1.807) is 0 Å². The molecule has 0 heterocycles. The van der Waals surface area contributed by atoms with Gasteiger partial charge in [-0.1, -0.05) is 12.8 Å². The number of carbonyl (C=O) groups excluding carboxylic acids is 1. The van der Waals surface area contributed by atoms with Crippen LogP contribution in [-0.2, 0) is 4.79 Å². The maximum Gasteiger partial charge on any atom is 0.315 e. The van der Waals surface area contributed by atoms with Crippen molar-refractivity contribution in [3.63, 3.8) is 0 Å². The van der Waals surface area contributed by atoms with Gasteiger partial charge in [0.15, 0.2) is 0 Å². The van der Waals surface area contributed by atoms with Gasteiger partial charge in [0, 0.05) is 17.3 Å². The highest BCUT2D eigenvalue weighted by Gasteiger charge is 2.32. The highest BCUT2D eigenvalue weighted by Crippen LogP contribution is 2.28. The molecule has 2 fully saturated rings. The minimum atomic E-state index is -0.793. The summed E-state index contributed by atoms with van der Waals surface area (Å²) in [7, 11) is 0. The standard InChI is InChI=1S/C14H24N2O3S/c1-20-10-7-6-9(8-10)15-14(19)16-12-5-3-2-4-11(12)13(17)18/h9-12H,2-8H2,1H3,(H,17,18)(H2,15,16,19). The highest BCUT2D eigenvalue weighted by molar-refractivity contribution is 7.99. The summed E-state index contributed by atoms with van der Waals surface area (Å²) in [5, 5.41) is 15.7. The summed E-state index contributed by atoms with van der Waals surface area (Å²) in [5.74, 6) is -1.23. The topological polar surface area (TPSA) is 78.4 Å². The molecule has 2 saturated carbocycles. The first-order valence-corrected chi connectivity index (χ1v) is 8.71. The Bertz CT molecular complexity index is 364. The average molecular weight is 300 g/mol. The number of rotatable bonds is 4. The highest BCUT2D eigenvalue weighted by atomic mass is 32.2. The van der Waals surface area contributed by atoms with Gasteiger partial charge in [-0.25, -0.2) is 4.79 Å². The van der Waals surface area contributed by atoms with Gasteiger partial charge in [0.2, 0.25) is 0 Å². The van der Waals surface area contributed by atoms with E-state index in [1.165, 1.54) is 0 Å². The summed E-state index contributed by atoms with van der Waals surface area (Å²) in [6, 6.07) is -0.187. The fourth-order valence-corrected chi connectivity index (χ4v) is 4.08. The zero-order chi connectivity index (χ0) is 14.5. The van der Waals surface area contributed by atoms with Crippen LogP contribution in [0.15, 0.2) is 0 Å². The predicted octanol–water partition coefficient (Wildman–Crippen LogP) is 2.21. The van der Waals surface area contributed by atoms with E-state index in [-0.39, 0.29) is 18.1 Å². The lowest BCUT2D eigenvalue weighted by Gasteiger charge is -2.29. The lowest BCUT2D eigenvalue weighted by Crippen LogP contribution is -2.50. The fraction of sp³-hybridized carbons (Fsp3) is 0.857. The number of nitrogens with one attached hydrogen (secondary N) is 2. The van der Waals surface area contributed by atoms with Crippen LogP contribution in [-0.4, -0.2) is 40.7 Å². The van der Waals surface area contributed by atoms with Crippen molar-refractivity contribution in [2.45, 2.75) is 62.3 Å². The van der Waals surface area contributed by atoms with Crippen LogP contribution in [0.25, 0.3) is 0 Å². The third-order valence-corrected chi connectivity index (χ3v) is 5.55. The molecule has 4 unspecified atom stereocenters. The number of urea groups is 1. The van der Waals surface area contributed by atoms with Crippen LogP contribution in [0.1, 0.15) is 44.9 Å². The zero-order valence-electron chi connectivity index (χ0n) is 11.9. The number of hydrogen-bond donors (Lipinski definition) is 3. The van der Waals surface area contributed by atoms with E-state index >= 15 is 0 Å². The summed E-state index contributed by atoms with van der Waals surface area (Å²) in [5.41, 5.74) is 0. The molecule has 20 heavy (non-hydrogen) atoms. The second-order valence-corrected chi connectivity index (χ2v) is 6.96. The molecule has 0 aromatic rings. The first-order valence-electron chi connectivity index (χ1n) is 7.42. The fourth-order valence-electron chi connectivity index (χ4n) is 3.28. The Morgan fingerprint density at radius 2 is 1.85 bits per heavy atom. The summed E-state index contributed by atoms with van der Waals surface area (Å²) < 4.78 is 0. The van der Waals surface area contributed by atoms with Gasteiger partial charge in [-0.3, -0.25) is 4.79 Å². The number of thioether (sulfide) groups is 1. The van der Waals surface area contributed by atoms with Gasteiger partial charge in [0.1, 0.15) is 0 Å². The van der Waals surface area contributed by atoms with Crippen molar-refractivity contribution < 1.29 is 14.7 Å². The SMILES string of the molecule is CSC1CCC(NC(=O)NC2CCCCC2C(=O)O)C1. The normalized spacial score (nSPS) is 33.6. The number of aliphatic carboxylic acids is 1. The van der Waals surface area contributed by atoms with Gasteiger partial charge in [-0.15, -0.1) is 0 Å². The molecule has 0 radical (unpaired) electrons. The first kappa shape index (κ1) is 15.5. The van der Waals surface area contributed by atoms with Crippen LogP contribution in [0.2, 0.25) is 0 Å². The molecule has 2 aliphatic rings. The van der Waals surface area contributed by atoms with Crippen LogP contribution in [0.4, 0.5) is 4.79 Å². The molecule has 3 N–H and O–H groups in total. The van der Waals surface area contributed by atoms with Crippen LogP contribution < -0.4 is 10.6 Å². The Morgan fingerprint density at radius 3 is 2.50 bits per heavy atom. The van der Waals surface area contributed by atoms with Crippen molar-refractivity contribution in [3.8, 4) is 0 Å². The zero-order valence-corrected chi connectivity index (χ0v) is 12.7. The van der Waals surface area contributed by atoms with Gasteiger partial charge in [-0.2, -0.15) is 11.8 Å². The predicted molar refractivity (Wildman–Crippen MR) is 80.0 cm³/mol. The van der Waals surface area contributed by atoms with E-state index in [0.29, 0.717) is 11.7 Å². The molecule has 2 rings (SSSR count). The van der Waals surface area contributed by atoms with E-state index < -0.39 is 11.9 Å². The van der Waals surface area contributed by atoms with Crippen molar-refractivity contribution in [2.24, 2.45) is 5.92 Å². The molecule has 5 nitrogen and oxygen atoms in total. The summed E-state index contributed by atoms with van der Waals surface area (Å²) in [4.78, 5) is 23.2. The minimum absolute atomic E-state index is 0.199. The summed E-state index contributed by atoms with van der Waals surface area (Å²) in [6.45, 7) is 0. The molecular formula is C14H24N2O3S. The van der Waals surface area contributed by atoms with E-state index in [4.69, 9.17) is 0 Å². The van der Waals surface area contributed by atoms with E-state index in [9.17, 15) is 14.7 Å². The van der Waals surface area contributed by atoms with Crippen LogP contribution >= 0.6 is 11.8 Å². The van der Waals surface area contributed by atoms with Gasteiger partial charge < -0.3 is 15.7 Å². The number of carboxylic acids is 1. The van der Waals surface area contributed by atoms with Gasteiger partial charge in [0.05, 0.1) is 5.92 Å². The van der Waals surface area contributed by atoms with E-state index in [1.807, 2.05) is 11.8 Å². The third kappa shape index (κ3) is 4.04. The maximum absolute atomic E-state index is 12.0. The van der Waals surface area contributed by atoms with Crippen LogP contribution in [0.3, 0.4) is 0 Å². The van der Waals surface area contributed by atoms with Gasteiger partial charge in [0.25, 0.3) is 0 Å². The lowest BCUT2D eigenvalue weighted by molar-refractivity contribution is -0.143. The third-order valence-electron chi connectivity index (χ3n) is 4.45. The molecule has 2 aliphatic carbocycles. The molecule has 0 aromatic heterocycles. The largest absolute Gasteiger partial charge is 0.481 e. The molecule has 4 atom stereocenters. The first-order chi connectivity index (χ1) is 9.60. The summed E-state index contributed by atoms with van der Waals surface area (Å²) in [6.07, 6.45) is 8.65. The molecule has 0 aromatic carbocycles. The molecule has 6 heteroatoms. The smallest absolute Gasteiger partial charge is 0.315 e. The second-order valence-electron chi connectivity index (χ2n) is 5.82. The van der Waals surface area contributed by atoms with Crippen molar-refractivity contribution in [1.82, 2.24) is 10.6 Å². The Morgan fingerprint density at radius 1 is 1.10 bits per heavy atom. The molecular weight excluding hydrogens is 276 g/mol. The van der Waals surface area contributed by atoms with E-state index in [2.05, 4.69) is 16.9 Å². The van der Waals surface area contributed by atoms with Crippen molar-refractivity contribution in [2.75, 3.05) is 6.26 Å². The number of carboxylic acid groups (broad SMARTS) is 1. The Balaban J connectivity index is 1.80. The van der Waals surface area contributed by atoms with E-state index in [0.717, 1.165) is 38.5 Å². The molecule has 0 bridgehead atoms. The minimum Gasteiger partial charge on any atom is -0.481 e. The quantitative estimate of drug-likeness (QED) is 0.744. The summed E-state index contributed by atoms with van der Waals surface area (Å²) >= 11 is 1.85.